The molecule has 0 spiro atoms. The van der Waals surface area contributed by atoms with Crippen molar-refractivity contribution in [1.29, 1.82) is 0 Å². The Balaban J connectivity index is 1.76. The molecule has 2 aliphatic rings. The van der Waals surface area contributed by atoms with Gasteiger partial charge in [0.05, 0.1) is 6.04 Å². The van der Waals surface area contributed by atoms with Crippen LogP contribution in [0.1, 0.15) is 42.0 Å². The van der Waals surface area contributed by atoms with Crippen LogP contribution in [0, 0.1) is 0 Å². The van der Waals surface area contributed by atoms with E-state index in [1.54, 1.807) is 26.2 Å². The minimum Gasteiger partial charge on any atom is -0.454 e. The second-order valence-electron chi connectivity index (χ2n) is 6.85. The lowest BCUT2D eigenvalue weighted by atomic mass is 10.0. The molecule has 26 heavy (non-hydrogen) atoms. The van der Waals surface area contributed by atoms with Gasteiger partial charge >= 0.3 is 6.18 Å². The monoisotopic (exact) mass is 368 g/mol. The normalized spacial score (nSPS) is 17.8. The second-order valence-corrected chi connectivity index (χ2v) is 6.85. The number of nitrogens with zero attached hydrogens (tertiary/aromatic N) is 4. The number of ether oxygens (including phenoxy) is 2. The van der Waals surface area contributed by atoms with Gasteiger partial charge in [0.25, 0.3) is 0 Å². The molecule has 9 heteroatoms. The Morgan fingerprint density at radius 2 is 1.96 bits per heavy atom. The minimum absolute atomic E-state index is 0.140. The summed E-state index contributed by atoms with van der Waals surface area (Å²) in [5, 5.41) is 4.16. The molecule has 140 valence electrons. The van der Waals surface area contributed by atoms with E-state index in [-0.39, 0.29) is 18.5 Å². The average molecular weight is 368 g/mol. The third-order valence-corrected chi connectivity index (χ3v) is 4.46. The van der Waals surface area contributed by atoms with Gasteiger partial charge in [-0.25, -0.2) is 9.67 Å². The highest BCUT2D eigenvalue weighted by molar-refractivity contribution is 5.46. The van der Waals surface area contributed by atoms with Gasteiger partial charge in [-0.1, -0.05) is 6.07 Å². The number of fused-ring (bicyclic) bond motifs is 1. The Labute approximate surface area is 148 Å². The fourth-order valence-corrected chi connectivity index (χ4v) is 3.14. The summed E-state index contributed by atoms with van der Waals surface area (Å²) >= 11 is 0. The molecular weight excluding hydrogens is 349 g/mol. The molecule has 1 aromatic heterocycles. The topological polar surface area (TPSA) is 52.4 Å². The van der Waals surface area contributed by atoms with Crippen LogP contribution in [0.4, 0.5) is 13.2 Å². The maximum absolute atomic E-state index is 13.1. The molecular formula is C17H19F3N4O2. The summed E-state index contributed by atoms with van der Waals surface area (Å²) in [6, 6.07) is 4.89. The van der Waals surface area contributed by atoms with E-state index in [4.69, 9.17) is 9.47 Å². The fraction of sp³-hybridized carbons (Fsp3) is 0.529. The predicted molar refractivity (Wildman–Crippen MR) is 86.1 cm³/mol. The highest BCUT2D eigenvalue weighted by atomic mass is 19.4. The lowest BCUT2D eigenvalue weighted by Crippen LogP contribution is -2.28. The molecule has 0 unspecified atom stereocenters. The van der Waals surface area contributed by atoms with E-state index in [2.05, 4.69) is 10.1 Å². The first-order valence-corrected chi connectivity index (χ1v) is 8.39. The molecule has 0 radical (unpaired) electrons. The maximum Gasteiger partial charge on any atom is 0.408 e. The molecule has 0 bridgehead atoms. The van der Waals surface area contributed by atoms with Crippen molar-refractivity contribution in [2.45, 2.75) is 37.5 Å². The third kappa shape index (κ3) is 3.35. The summed E-state index contributed by atoms with van der Waals surface area (Å²) in [4.78, 5) is 6.31. The summed E-state index contributed by atoms with van der Waals surface area (Å²) in [6.45, 7) is -1.02. The van der Waals surface area contributed by atoms with Crippen molar-refractivity contribution in [1.82, 2.24) is 19.7 Å². The number of rotatable bonds is 5. The molecule has 2 heterocycles. The summed E-state index contributed by atoms with van der Waals surface area (Å²) in [6.07, 6.45) is -2.52. The van der Waals surface area contributed by atoms with E-state index < -0.39 is 18.8 Å². The van der Waals surface area contributed by atoms with Crippen molar-refractivity contribution in [3.05, 3.63) is 35.4 Å². The quantitative estimate of drug-likeness (QED) is 0.812. The predicted octanol–water partition coefficient (Wildman–Crippen LogP) is 3.10. The number of aromatic nitrogens is 3. The molecule has 0 saturated heterocycles. The summed E-state index contributed by atoms with van der Waals surface area (Å²) in [7, 11) is 3.61. The average Bonchev–Trinajstić information content (AvgIpc) is 3.16. The molecule has 1 aliphatic heterocycles. The highest BCUT2D eigenvalue weighted by Gasteiger charge is 2.36. The number of hydrogen-bond donors (Lipinski definition) is 0. The van der Waals surface area contributed by atoms with Gasteiger partial charge in [0.15, 0.2) is 17.3 Å². The standard InChI is InChI=1S/C17H19F3N4O2/c1-23(2)14(11-5-6-12-13(7-11)26-9-25-12)16-21-15(10-3-4-10)22-24(16)8-17(18,19)20/h5-7,10,14H,3-4,8-9H2,1-2H3/t14-/m1/s1. The number of benzene rings is 1. The SMILES string of the molecule is CN(C)[C@H](c1ccc2c(c1)OCO2)c1nc(C2CC2)nn1CC(F)(F)F. The first-order chi connectivity index (χ1) is 12.3. The van der Waals surface area contributed by atoms with Gasteiger partial charge in [-0.05, 0) is 44.6 Å². The minimum atomic E-state index is -4.37. The van der Waals surface area contributed by atoms with E-state index >= 15 is 0 Å². The van der Waals surface area contributed by atoms with Crippen LogP contribution >= 0.6 is 0 Å². The highest BCUT2D eigenvalue weighted by Crippen LogP contribution is 2.41. The third-order valence-electron chi connectivity index (χ3n) is 4.46. The first-order valence-electron chi connectivity index (χ1n) is 8.39. The molecule has 1 aliphatic carbocycles. The molecule has 1 aromatic carbocycles. The Morgan fingerprint density at radius 1 is 1.23 bits per heavy atom. The molecule has 1 saturated carbocycles. The van der Waals surface area contributed by atoms with Crippen molar-refractivity contribution in [2.24, 2.45) is 0 Å². The van der Waals surface area contributed by atoms with Crippen LogP contribution < -0.4 is 9.47 Å². The van der Waals surface area contributed by atoms with Gasteiger partial charge in [-0.3, -0.25) is 4.90 Å². The lowest BCUT2D eigenvalue weighted by Gasteiger charge is -2.25. The van der Waals surface area contributed by atoms with Crippen LogP contribution in [0.5, 0.6) is 11.5 Å². The zero-order chi connectivity index (χ0) is 18.5. The van der Waals surface area contributed by atoms with Crippen molar-refractivity contribution >= 4 is 0 Å². The van der Waals surface area contributed by atoms with E-state index in [1.807, 2.05) is 11.0 Å². The molecule has 2 aromatic rings. The van der Waals surface area contributed by atoms with E-state index in [0.29, 0.717) is 17.3 Å². The fourth-order valence-electron chi connectivity index (χ4n) is 3.14. The van der Waals surface area contributed by atoms with Crippen molar-refractivity contribution in [2.75, 3.05) is 20.9 Å². The molecule has 0 amide bonds. The summed E-state index contributed by atoms with van der Waals surface area (Å²) in [5.41, 5.74) is 0.775. The van der Waals surface area contributed by atoms with Crippen molar-refractivity contribution in [3.8, 4) is 11.5 Å². The smallest absolute Gasteiger partial charge is 0.408 e. The van der Waals surface area contributed by atoms with Crippen LogP contribution in [0.25, 0.3) is 0 Å². The second kappa shape index (κ2) is 6.15. The summed E-state index contributed by atoms with van der Waals surface area (Å²) in [5.74, 6) is 2.16. The zero-order valence-electron chi connectivity index (χ0n) is 14.5. The maximum atomic E-state index is 13.1. The van der Waals surface area contributed by atoms with Gasteiger partial charge < -0.3 is 9.47 Å². The van der Waals surface area contributed by atoms with Gasteiger partial charge in [0.2, 0.25) is 6.79 Å². The number of hydrogen-bond acceptors (Lipinski definition) is 5. The number of halogens is 3. The van der Waals surface area contributed by atoms with Gasteiger partial charge in [-0.15, -0.1) is 0 Å². The zero-order valence-corrected chi connectivity index (χ0v) is 14.5. The lowest BCUT2D eigenvalue weighted by molar-refractivity contribution is -0.143. The largest absolute Gasteiger partial charge is 0.454 e. The van der Waals surface area contributed by atoms with Crippen LogP contribution in [0.15, 0.2) is 18.2 Å². The van der Waals surface area contributed by atoms with Crippen molar-refractivity contribution in [3.63, 3.8) is 0 Å². The van der Waals surface area contributed by atoms with Crippen LogP contribution in [0.2, 0.25) is 0 Å². The Hall–Kier alpha value is -2.29. The van der Waals surface area contributed by atoms with Crippen LogP contribution in [0.3, 0.4) is 0 Å². The van der Waals surface area contributed by atoms with Gasteiger partial charge in [0.1, 0.15) is 12.4 Å². The van der Waals surface area contributed by atoms with E-state index in [1.165, 1.54) is 0 Å². The van der Waals surface area contributed by atoms with Gasteiger partial charge in [-0.2, -0.15) is 18.3 Å². The van der Waals surface area contributed by atoms with Crippen molar-refractivity contribution < 1.29 is 22.6 Å². The molecule has 1 fully saturated rings. The molecule has 6 nitrogen and oxygen atoms in total. The van der Waals surface area contributed by atoms with Crippen LogP contribution in [-0.2, 0) is 6.54 Å². The van der Waals surface area contributed by atoms with Gasteiger partial charge in [0, 0.05) is 5.92 Å². The first kappa shape index (κ1) is 17.1. The Bertz CT molecular complexity index is 815. The Morgan fingerprint density at radius 3 is 2.62 bits per heavy atom. The van der Waals surface area contributed by atoms with E-state index in [9.17, 15) is 13.2 Å². The Kier molecular flexibility index (Phi) is 4.06. The molecule has 0 N–H and O–H groups in total. The van der Waals surface area contributed by atoms with Crippen LogP contribution in [-0.4, -0.2) is 46.7 Å². The number of alkyl halides is 3. The summed E-state index contributed by atoms with van der Waals surface area (Å²) < 4.78 is 50.9. The molecule has 4 rings (SSSR count). The van der Waals surface area contributed by atoms with E-state index in [0.717, 1.165) is 23.1 Å². The molecule has 1 atom stereocenters.